The minimum atomic E-state index is -1.24. The van der Waals surface area contributed by atoms with E-state index in [1.165, 1.54) is 13.8 Å². The zero-order valence-electron chi connectivity index (χ0n) is 14.8. The summed E-state index contributed by atoms with van der Waals surface area (Å²) in [6.45, 7) is 1.98. The standard InChI is InChI=1S/C16H22N4O7/c1-10(15(24)25)18-14(23)11(2)20(19-17-8-13(21)22)16(26)27-9-12-6-4-3-5-7-12/h3-7,10-11,17,19H,8-9H2,1-2H3,(H,18,23)(H,21,22)(H,24,25)/t10-,11-/m0/s1. The molecule has 0 aliphatic heterocycles. The Bertz CT molecular complexity index is 668. The predicted molar refractivity (Wildman–Crippen MR) is 91.9 cm³/mol. The van der Waals surface area contributed by atoms with Gasteiger partial charge in [-0.2, -0.15) is 5.53 Å². The fourth-order valence-corrected chi connectivity index (χ4v) is 1.80. The van der Waals surface area contributed by atoms with Gasteiger partial charge in [0.15, 0.2) is 0 Å². The molecular formula is C16H22N4O7. The van der Waals surface area contributed by atoms with Gasteiger partial charge in [-0.25, -0.2) is 15.2 Å². The van der Waals surface area contributed by atoms with E-state index in [4.69, 9.17) is 14.9 Å². The lowest BCUT2D eigenvalue weighted by molar-refractivity contribution is -0.142. The van der Waals surface area contributed by atoms with Gasteiger partial charge in [-0.15, -0.1) is 0 Å². The summed E-state index contributed by atoms with van der Waals surface area (Å²) in [5.74, 6) is -3.21. The topological polar surface area (TPSA) is 157 Å². The summed E-state index contributed by atoms with van der Waals surface area (Å²) in [6.07, 6.45) is -0.956. The van der Waals surface area contributed by atoms with Crippen LogP contribution in [0.4, 0.5) is 4.79 Å². The van der Waals surface area contributed by atoms with Crippen molar-refractivity contribution in [3.05, 3.63) is 35.9 Å². The summed E-state index contributed by atoms with van der Waals surface area (Å²) >= 11 is 0. The van der Waals surface area contributed by atoms with E-state index in [2.05, 4.69) is 16.3 Å². The number of hydrogen-bond donors (Lipinski definition) is 5. The molecule has 0 bridgehead atoms. The number of carbonyl (C=O) groups excluding carboxylic acids is 2. The summed E-state index contributed by atoms with van der Waals surface area (Å²) in [4.78, 5) is 45.9. The molecule has 1 aromatic carbocycles. The Morgan fingerprint density at radius 1 is 1.11 bits per heavy atom. The Hall–Kier alpha value is -3.18. The quantitative estimate of drug-likeness (QED) is 0.343. The number of benzene rings is 1. The first-order valence-electron chi connectivity index (χ1n) is 7.95. The Kier molecular flexibility index (Phi) is 8.69. The van der Waals surface area contributed by atoms with Crippen molar-refractivity contribution in [1.29, 1.82) is 0 Å². The molecule has 0 radical (unpaired) electrons. The molecule has 5 N–H and O–H groups in total. The molecule has 0 spiro atoms. The van der Waals surface area contributed by atoms with Gasteiger partial charge in [0, 0.05) is 0 Å². The number of carboxylic acid groups (broad SMARTS) is 2. The number of ether oxygens (including phenoxy) is 1. The van der Waals surface area contributed by atoms with Gasteiger partial charge in [0.05, 0.1) is 0 Å². The number of hydrazine groups is 2. The van der Waals surface area contributed by atoms with Crippen molar-refractivity contribution in [2.75, 3.05) is 6.54 Å². The molecule has 0 fully saturated rings. The van der Waals surface area contributed by atoms with Gasteiger partial charge >= 0.3 is 18.0 Å². The Morgan fingerprint density at radius 2 is 1.74 bits per heavy atom. The van der Waals surface area contributed by atoms with Crippen molar-refractivity contribution in [3.63, 3.8) is 0 Å². The predicted octanol–water partition coefficient (Wildman–Crippen LogP) is -0.303. The van der Waals surface area contributed by atoms with Crippen LogP contribution in [0.5, 0.6) is 0 Å². The van der Waals surface area contributed by atoms with Crippen molar-refractivity contribution in [1.82, 2.24) is 21.3 Å². The maximum atomic E-state index is 12.3. The molecule has 2 atom stereocenters. The first-order valence-corrected chi connectivity index (χ1v) is 7.95. The average molecular weight is 382 g/mol. The molecule has 148 valence electrons. The first kappa shape index (κ1) is 21.9. The number of carbonyl (C=O) groups is 4. The second kappa shape index (κ2) is 10.7. The number of rotatable bonds is 10. The van der Waals surface area contributed by atoms with Crippen molar-refractivity contribution in [2.24, 2.45) is 0 Å². The van der Waals surface area contributed by atoms with Gasteiger partial charge in [0.25, 0.3) is 0 Å². The first-order chi connectivity index (χ1) is 12.7. The van der Waals surface area contributed by atoms with Gasteiger partial charge in [0.2, 0.25) is 5.91 Å². The van der Waals surface area contributed by atoms with Gasteiger partial charge in [-0.3, -0.25) is 14.4 Å². The average Bonchev–Trinajstić information content (AvgIpc) is 2.63. The lowest BCUT2D eigenvalue weighted by Crippen LogP contribution is -2.60. The van der Waals surface area contributed by atoms with E-state index >= 15 is 0 Å². The van der Waals surface area contributed by atoms with Crippen LogP contribution in [-0.4, -0.2) is 57.8 Å². The molecule has 1 aromatic rings. The van der Waals surface area contributed by atoms with Gasteiger partial charge in [-0.05, 0) is 19.4 Å². The summed E-state index contributed by atoms with van der Waals surface area (Å²) in [5, 5.41) is 20.5. The molecule has 11 nitrogen and oxygen atoms in total. The number of hydrogen-bond acceptors (Lipinski definition) is 7. The van der Waals surface area contributed by atoms with E-state index in [1.54, 1.807) is 30.3 Å². The van der Waals surface area contributed by atoms with Crippen LogP contribution in [0.1, 0.15) is 19.4 Å². The monoisotopic (exact) mass is 382 g/mol. The van der Waals surface area contributed by atoms with E-state index in [-0.39, 0.29) is 6.61 Å². The molecule has 2 amide bonds. The van der Waals surface area contributed by atoms with Crippen LogP contribution in [0, 0.1) is 0 Å². The Morgan fingerprint density at radius 3 is 2.30 bits per heavy atom. The fraction of sp³-hybridized carbons (Fsp3) is 0.375. The number of carboxylic acids is 2. The van der Waals surface area contributed by atoms with E-state index in [0.29, 0.717) is 5.56 Å². The van der Waals surface area contributed by atoms with Crippen molar-refractivity contribution in [2.45, 2.75) is 32.5 Å². The highest BCUT2D eigenvalue weighted by molar-refractivity contribution is 5.88. The number of aliphatic carboxylic acids is 2. The maximum Gasteiger partial charge on any atom is 0.426 e. The molecule has 0 aliphatic carbocycles. The van der Waals surface area contributed by atoms with Crippen LogP contribution in [-0.2, 0) is 25.7 Å². The highest BCUT2D eigenvalue weighted by Gasteiger charge is 2.29. The third-order valence-electron chi connectivity index (χ3n) is 3.34. The number of nitrogens with one attached hydrogen (secondary N) is 3. The summed E-state index contributed by atoms with van der Waals surface area (Å²) in [6, 6.07) is 6.42. The third kappa shape index (κ3) is 7.71. The zero-order chi connectivity index (χ0) is 20.4. The largest absolute Gasteiger partial charge is 0.480 e. The van der Waals surface area contributed by atoms with Crippen LogP contribution in [0.3, 0.4) is 0 Å². The number of amides is 2. The Balaban J connectivity index is 2.77. The van der Waals surface area contributed by atoms with Crippen molar-refractivity contribution < 1.29 is 34.1 Å². The van der Waals surface area contributed by atoms with Crippen LogP contribution < -0.4 is 16.3 Å². The lowest BCUT2D eigenvalue weighted by atomic mass is 10.2. The van der Waals surface area contributed by atoms with Gasteiger partial charge in [-0.1, -0.05) is 30.3 Å². The van der Waals surface area contributed by atoms with E-state index < -0.39 is 42.6 Å². The molecule has 0 saturated heterocycles. The second-order valence-corrected chi connectivity index (χ2v) is 5.51. The molecule has 1 rings (SSSR count). The molecule has 0 aromatic heterocycles. The summed E-state index contributed by atoms with van der Waals surface area (Å²) in [7, 11) is 0. The van der Waals surface area contributed by atoms with Gasteiger partial charge < -0.3 is 20.3 Å². The van der Waals surface area contributed by atoms with Crippen LogP contribution in [0.25, 0.3) is 0 Å². The highest BCUT2D eigenvalue weighted by atomic mass is 16.6. The normalized spacial score (nSPS) is 12.5. The second-order valence-electron chi connectivity index (χ2n) is 5.51. The van der Waals surface area contributed by atoms with Crippen LogP contribution in [0.15, 0.2) is 30.3 Å². The zero-order valence-corrected chi connectivity index (χ0v) is 14.8. The van der Waals surface area contributed by atoms with E-state index in [1.807, 2.05) is 0 Å². The SMILES string of the molecule is C[C@H](NC(=O)[C@H](C)N(NNCC(=O)O)C(=O)OCc1ccccc1)C(=O)O. The summed E-state index contributed by atoms with van der Waals surface area (Å²) < 4.78 is 5.11. The molecule has 11 heteroatoms. The molecule has 27 heavy (non-hydrogen) atoms. The number of nitrogens with zero attached hydrogens (tertiary/aromatic N) is 1. The summed E-state index contributed by atoms with van der Waals surface area (Å²) in [5.41, 5.74) is 5.25. The minimum absolute atomic E-state index is 0.0728. The Labute approximate surface area is 155 Å². The van der Waals surface area contributed by atoms with E-state index in [0.717, 1.165) is 5.01 Å². The highest BCUT2D eigenvalue weighted by Crippen LogP contribution is 2.05. The molecule has 0 unspecified atom stereocenters. The third-order valence-corrected chi connectivity index (χ3v) is 3.34. The fourth-order valence-electron chi connectivity index (χ4n) is 1.80. The smallest absolute Gasteiger partial charge is 0.426 e. The van der Waals surface area contributed by atoms with Crippen LogP contribution in [0.2, 0.25) is 0 Å². The lowest BCUT2D eigenvalue weighted by Gasteiger charge is -2.28. The van der Waals surface area contributed by atoms with Gasteiger partial charge in [0.1, 0.15) is 25.2 Å². The molecule has 0 aliphatic rings. The molecule has 0 heterocycles. The van der Waals surface area contributed by atoms with Crippen molar-refractivity contribution in [3.8, 4) is 0 Å². The van der Waals surface area contributed by atoms with Crippen LogP contribution >= 0.6 is 0 Å². The van der Waals surface area contributed by atoms with E-state index in [9.17, 15) is 19.2 Å². The molecular weight excluding hydrogens is 360 g/mol. The maximum absolute atomic E-state index is 12.3. The minimum Gasteiger partial charge on any atom is -0.480 e. The molecule has 0 saturated carbocycles. The van der Waals surface area contributed by atoms with Crippen molar-refractivity contribution >= 4 is 23.9 Å².